The summed E-state index contributed by atoms with van der Waals surface area (Å²) in [5, 5.41) is 0. The summed E-state index contributed by atoms with van der Waals surface area (Å²) in [6.45, 7) is 9.89. The molecule has 6 heteroatoms. The van der Waals surface area contributed by atoms with E-state index < -0.39 is 24.0 Å². The van der Waals surface area contributed by atoms with Gasteiger partial charge in [0, 0.05) is 6.42 Å². The van der Waals surface area contributed by atoms with Crippen LogP contribution in [0.2, 0.25) is 0 Å². The first-order valence-electron chi connectivity index (χ1n) is 7.77. The molecule has 0 fully saturated rings. The largest absolute Gasteiger partial charge is 0.465 e. The third-order valence-corrected chi connectivity index (χ3v) is 2.48. The number of carbonyl (C=O) groups excluding carboxylic acids is 3. The molecule has 0 rings (SSSR count). The third kappa shape index (κ3) is 10.2. The van der Waals surface area contributed by atoms with Gasteiger partial charge in [-0.05, 0) is 18.3 Å². The van der Waals surface area contributed by atoms with Crippen molar-refractivity contribution < 1.29 is 28.6 Å². The minimum Gasteiger partial charge on any atom is -0.465 e. The van der Waals surface area contributed by atoms with Gasteiger partial charge in [0.05, 0.1) is 19.6 Å². The Morgan fingerprint density at radius 2 is 1.41 bits per heavy atom. The van der Waals surface area contributed by atoms with Crippen LogP contribution in [0.25, 0.3) is 0 Å². The van der Waals surface area contributed by atoms with Gasteiger partial charge in [0.1, 0.15) is 0 Å². The highest BCUT2D eigenvalue weighted by atomic mass is 16.6. The van der Waals surface area contributed by atoms with Crippen LogP contribution in [0.4, 0.5) is 0 Å². The molecular formula is C16H28O6. The second-order valence-corrected chi connectivity index (χ2v) is 6.03. The first-order chi connectivity index (χ1) is 10.3. The molecule has 0 N–H and O–H groups in total. The molecule has 0 aromatic rings. The topological polar surface area (TPSA) is 78.9 Å². The molecule has 0 aliphatic carbocycles. The lowest BCUT2D eigenvalue weighted by Gasteiger charge is -2.17. The predicted octanol–water partition coefficient (Wildman–Crippen LogP) is 2.49. The summed E-state index contributed by atoms with van der Waals surface area (Å²) in [5.74, 6) is -1.46. The molecule has 1 atom stereocenters. The summed E-state index contributed by atoms with van der Waals surface area (Å²) in [4.78, 5) is 35.2. The van der Waals surface area contributed by atoms with Crippen LogP contribution in [0.1, 0.15) is 53.9 Å². The summed E-state index contributed by atoms with van der Waals surface area (Å²) in [5.41, 5.74) is 0. The minimum absolute atomic E-state index is 0.156. The Bertz CT molecular complexity index is 362. The molecule has 128 valence electrons. The number of hydrogen-bond acceptors (Lipinski definition) is 6. The second-order valence-electron chi connectivity index (χ2n) is 6.03. The Kier molecular flexibility index (Phi) is 10.2. The van der Waals surface area contributed by atoms with E-state index in [1.54, 1.807) is 0 Å². The van der Waals surface area contributed by atoms with E-state index in [0.29, 0.717) is 6.42 Å². The molecule has 0 bridgehead atoms. The van der Waals surface area contributed by atoms with Crippen LogP contribution in [-0.4, -0.2) is 37.2 Å². The van der Waals surface area contributed by atoms with E-state index in [-0.39, 0.29) is 37.9 Å². The third-order valence-electron chi connectivity index (χ3n) is 2.48. The number of hydrogen-bond donors (Lipinski definition) is 0. The van der Waals surface area contributed by atoms with Gasteiger partial charge in [0.15, 0.2) is 0 Å². The Balaban J connectivity index is 4.59. The number of ether oxygens (including phenoxy) is 3. The smallest absolute Gasteiger partial charge is 0.348 e. The van der Waals surface area contributed by atoms with E-state index in [1.165, 1.54) is 0 Å². The number of rotatable bonds is 10. The predicted molar refractivity (Wildman–Crippen MR) is 81.0 cm³/mol. The molecule has 0 aromatic carbocycles. The van der Waals surface area contributed by atoms with Crippen molar-refractivity contribution in [1.29, 1.82) is 0 Å². The lowest BCUT2D eigenvalue weighted by molar-refractivity contribution is -0.172. The average Bonchev–Trinajstić information content (AvgIpc) is 2.42. The second kappa shape index (κ2) is 11.0. The van der Waals surface area contributed by atoms with Crippen molar-refractivity contribution in [2.75, 3.05) is 13.2 Å². The number of carbonyl (C=O) groups is 3. The maximum Gasteiger partial charge on any atom is 0.348 e. The molecule has 0 heterocycles. The van der Waals surface area contributed by atoms with Crippen LogP contribution in [0, 0.1) is 11.8 Å². The van der Waals surface area contributed by atoms with Crippen LogP contribution in [0.15, 0.2) is 0 Å². The highest BCUT2D eigenvalue weighted by Crippen LogP contribution is 2.08. The van der Waals surface area contributed by atoms with Crippen molar-refractivity contribution in [1.82, 2.24) is 0 Å². The molecule has 0 aliphatic rings. The Morgan fingerprint density at radius 1 is 0.864 bits per heavy atom. The van der Waals surface area contributed by atoms with Gasteiger partial charge in [-0.1, -0.05) is 34.6 Å². The fourth-order valence-electron chi connectivity index (χ4n) is 1.41. The summed E-state index contributed by atoms with van der Waals surface area (Å²) in [6.07, 6.45) is -0.768. The quantitative estimate of drug-likeness (QED) is 0.455. The molecule has 0 radical (unpaired) electrons. The van der Waals surface area contributed by atoms with Crippen molar-refractivity contribution >= 4 is 17.9 Å². The maximum atomic E-state index is 12.0. The summed E-state index contributed by atoms with van der Waals surface area (Å²) >= 11 is 0. The zero-order valence-electron chi connectivity index (χ0n) is 14.2. The maximum absolute atomic E-state index is 12.0. The van der Waals surface area contributed by atoms with Gasteiger partial charge >= 0.3 is 17.9 Å². The number of esters is 3. The molecule has 0 saturated carbocycles. The average molecular weight is 316 g/mol. The molecule has 0 amide bonds. The first-order valence-corrected chi connectivity index (χ1v) is 7.77. The molecule has 0 spiro atoms. The minimum atomic E-state index is -1.24. The SMILES string of the molecule is CCCC(=O)O[C@@H](CC(=O)OCC(C)C)C(=O)OCC(C)C. The van der Waals surface area contributed by atoms with Gasteiger partial charge in [0.25, 0.3) is 0 Å². The first kappa shape index (κ1) is 20.4. The van der Waals surface area contributed by atoms with Gasteiger partial charge in [-0.25, -0.2) is 4.79 Å². The van der Waals surface area contributed by atoms with Crippen molar-refractivity contribution in [2.45, 2.75) is 60.0 Å². The van der Waals surface area contributed by atoms with Crippen LogP contribution in [0.5, 0.6) is 0 Å². The van der Waals surface area contributed by atoms with E-state index in [4.69, 9.17) is 14.2 Å². The zero-order valence-corrected chi connectivity index (χ0v) is 14.2. The Labute approximate surface area is 132 Å². The Hall–Kier alpha value is -1.59. The standard InChI is InChI=1S/C16H28O6/c1-6-7-14(17)22-13(16(19)21-10-12(4)5)8-15(18)20-9-11(2)3/h11-13H,6-10H2,1-5H3/t13-/m0/s1. The van der Waals surface area contributed by atoms with Crippen molar-refractivity contribution in [3.63, 3.8) is 0 Å². The summed E-state index contributed by atoms with van der Waals surface area (Å²) in [6, 6.07) is 0. The van der Waals surface area contributed by atoms with Crippen LogP contribution < -0.4 is 0 Å². The van der Waals surface area contributed by atoms with Gasteiger partial charge in [-0.3, -0.25) is 9.59 Å². The van der Waals surface area contributed by atoms with Crippen molar-refractivity contribution in [2.24, 2.45) is 11.8 Å². The van der Waals surface area contributed by atoms with E-state index in [0.717, 1.165) is 0 Å². The van der Waals surface area contributed by atoms with Crippen LogP contribution in [0.3, 0.4) is 0 Å². The van der Waals surface area contributed by atoms with Gasteiger partial charge < -0.3 is 14.2 Å². The van der Waals surface area contributed by atoms with Crippen molar-refractivity contribution in [3.8, 4) is 0 Å². The highest BCUT2D eigenvalue weighted by molar-refractivity contribution is 5.84. The van der Waals surface area contributed by atoms with Gasteiger partial charge in [-0.15, -0.1) is 0 Å². The Morgan fingerprint density at radius 3 is 1.91 bits per heavy atom. The molecule has 6 nitrogen and oxygen atoms in total. The van der Waals surface area contributed by atoms with Crippen LogP contribution in [-0.2, 0) is 28.6 Å². The summed E-state index contributed by atoms with van der Waals surface area (Å²) in [7, 11) is 0. The van der Waals surface area contributed by atoms with E-state index in [9.17, 15) is 14.4 Å². The molecule has 0 aliphatic heterocycles. The molecular weight excluding hydrogens is 288 g/mol. The lowest BCUT2D eigenvalue weighted by atomic mass is 10.2. The zero-order chi connectivity index (χ0) is 17.1. The molecule has 22 heavy (non-hydrogen) atoms. The van der Waals surface area contributed by atoms with Gasteiger partial charge in [-0.2, -0.15) is 0 Å². The molecule has 0 unspecified atom stereocenters. The van der Waals surface area contributed by atoms with Gasteiger partial charge in [0.2, 0.25) is 6.10 Å². The normalized spacial score (nSPS) is 12.1. The highest BCUT2D eigenvalue weighted by Gasteiger charge is 2.28. The van der Waals surface area contributed by atoms with Crippen molar-refractivity contribution in [3.05, 3.63) is 0 Å². The lowest BCUT2D eigenvalue weighted by Crippen LogP contribution is -2.33. The van der Waals surface area contributed by atoms with E-state index >= 15 is 0 Å². The fraction of sp³-hybridized carbons (Fsp3) is 0.812. The molecule has 0 aromatic heterocycles. The molecule has 0 saturated heterocycles. The monoisotopic (exact) mass is 316 g/mol. The van der Waals surface area contributed by atoms with Crippen LogP contribution >= 0.6 is 0 Å². The summed E-state index contributed by atoms with van der Waals surface area (Å²) < 4.78 is 15.1. The van der Waals surface area contributed by atoms with E-state index in [2.05, 4.69) is 0 Å². The fourth-order valence-corrected chi connectivity index (χ4v) is 1.41. The van der Waals surface area contributed by atoms with E-state index in [1.807, 2.05) is 34.6 Å².